The van der Waals surface area contributed by atoms with Gasteiger partial charge in [0.1, 0.15) is 11.5 Å². The minimum atomic E-state index is 0.676. The Hall–Kier alpha value is -2.81. The van der Waals surface area contributed by atoms with Crippen LogP contribution in [0.1, 0.15) is 33.4 Å². The molecule has 0 aliphatic carbocycles. The first kappa shape index (κ1) is 17.5. The van der Waals surface area contributed by atoms with Gasteiger partial charge in [-0.15, -0.1) is 0 Å². The number of nitrogens with zero attached hydrogens (tertiary/aromatic N) is 1. The number of ether oxygens (including phenoxy) is 1. The summed E-state index contributed by atoms with van der Waals surface area (Å²) in [5, 5.41) is 0. The van der Waals surface area contributed by atoms with Gasteiger partial charge in [-0.2, -0.15) is 0 Å². The van der Waals surface area contributed by atoms with Gasteiger partial charge in [0.2, 0.25) is 0 Å². The van der Waals surface area contributed by atoms with Crippen LogP contribution < -0.4 is 10.5 Å². The first-order chi connectivity index (χ1) is 11.4. The summed E-state index contributed by atoms with van der Waals surface area (Å²) in [6.45, 7) is 8.29. The Kier molecular flexibility index (Phi) is 5.96. The Morgan fingerprint density at radius 2 is 1.71 bits per heavy atom. The second kappa shape index (κ2) is 8.16. The van der Waals surface area contributed by atoms with E-state index in [1.165, 1.54) is 11.1 Å². The summed E-state index contributed by atoms with van der Waals surface area (Å²) in [7, 11) is 0. The lowest BCUT2D eigenvalue weighted by Crippen LogP contribution is -1.91. The van der Waals surface area contributed by atoms with Crippen LogP contribution in [0.2, 0.25) is 0 Å². The number of nitrogens with two attached hydrogens (primary N) is 1. The van der Waals surface area contributed by atoms with Gasteiger partial charge in [0.05, 0.1) is 5.69 Å². The molecule has 0 unspecified atom stereocenters. The molecule has 0 fully saturated rings. The highest BCUT2D eigenvalue weighted by molar-refractivity contribution is 5.74. The van der Waals surface area contributed by atoms with E-state index in [9.17, 15) is 0 Å². The summed E-state index contributed by atoms with van der Waals surface area (Å²) in [4.78, 5) is 4.48. The van der Waals surface area contributed by atoms with E-state index in [1.54, 1.807) is 12.3 Å². The Balaban J connectivity index is 2.35. The van der Waals surface area contributed by atoms with Crippen molar-refractivity contribution in [1.29, 1.82) is 0 Å². The third-order valence-electron chi connectivity index (χ3n) is 3.16. The molecule has 0 aliphatic heterocycles. The minimum Gasteiger partial charge on any atom is -0.457 e. The fourth-order valence-electron chi connectivity index (χ4n) is 2.12. The van der Waals surface area contributed by atoms with Gasteiger partial charge in [-0.05, 0) is 45.9 Å². The van der Waals surface area contributed by atoms with Gasteiger partial charge in [-0.1, -0.05) is 35.4 Å². The molecule has 0 spiro atoms. The SMILES string of the molecule is CC(C)=C/C=C(\C=C(C)C)c1cc(Oc2cccc(N)c2)ccn1. The van der Waals surface area contributed by atoms with Crippen molar-refractivity contribution >= 4 is 11.3 Å². The van der Waals surface area contributed by atoms with Crippen molar-refractivity contribution in [2.24, 2.45) is 0 Å². The number of anilines is 1. The largest absolute Gasteiger partial charge is 0.457 e. The Morgan fingerprint density at radius 1 is 0.958 bits per heavy atom. The molecule has 0 saturated carbocycles. The standard InChI is InChI=1S/C21H24N2O/c1-15(2)8-9-17(12-16(3)4)21-14-20(10-11-23-21)24-19-7-5-6-18(22)13-19/h5-14H,22H2,1-4H3/b17-9+. The molecule has 2 rings (SSSR count). The molecule has 1 aromatic heterocycles. The molecule has 2 aromatic rings. The first-order valence-corrected chi connectivity index (χ1v) is 7.94. The summed E-state index contributed by atoms with van der Waals surface area (Å²) < 4.78 is 5.90. The van der Waals surface area contributed by atoms with Gasteiger partial charge >= 0.3 is 0 Å². The van der Waals surface area contributed by atoms with Crippen molar-refractivity contribution in [2.45, 2.75) is 27.7 Å². The number of nitrogen functional groups attached to an aromatic ring is 1. The minimum absolute atomic E-state index is 0.676. The van der Waals surface area contributed by atoms with E-state index in [2.05, 4.69) is 50.9 Å². The number of hydrogen-bond donors (Lipinski definition) is 1. The molecule has 1 aromatic carbocycles. The number of rotatable bonds is 5. The maximum absolute atomic E-state index is 5.90. The van der Waals surface area contributed by atoms with E-state index >= 15 is 0 Å². The molecule has 24 heavy (non-hydrogen) atoms. The molecule has 0 radical (unpaired) electrons. The zero-order valence-corrected chi connectivity index (χ0v) is 14.7. The van der Waals surface area contributed by atoms with Crippen molar-refractivity contribution in [1.82, 2.24) is 4.98 Å². The summed E-state index contributed by atoms with van der Waals surface area (Å²) in [6.07, 6.45) is 8.04. The second-order valence-electron chi connectivity index (χ2n) is 6.14. The molecule has 0 amide bonds. The zero-order valence-electron chi connectivity index (χ0n) is 14.7. The molecular weight excluding hydrogens is 296 g/mol. The molecule has 124 valence electrons. The van der Waals surface area contributed by atoms with E-state index in [-0.39, 0.29) is 0 Å². The van der Waals surface area contributed by atoms with Gasteiger partial charge in [0, 0.05) is 29.6 Å². The monoisotopic (exact) mass is 320 g/mol. The van der Waals surface area contributed by atoms with Crippen LogP contribution in [-0.2, 0) is 0 Å². The highest BCUT2D eigenvalue weighted by Crippen LogP contribution is 2.26. The van der Waals surface area contributed by atoms with E-state index in [0.29, 0.717) is 11.4 Å². The zero-order chi connectivity index (χ0) is 17.5. The first-order valence-electron chi connectivity index (χ1n) is 7.94. The summed E-state index contributed by atoms with van der Waals surface area (Å²) >= 11 is 0. The van der Waals surface area contributed by atoms with Crippen molar-refractivity contribution in [3.05, 3.63) is 77.7 Å². The third-order valence-corrected chi connectivity index (χ3v) is 3.16. The van der Waals surface area contributed by atoms with E-state index in [0.717, 1.165) is 17.0 Å². The molecule has 0 bridgehead atoms. The number of aromatic nitrogens is 1. The summed E-state index contributed by atoms with van der Waals surface area (Å²) in [6, 6.07) is 11.2. The van der Waals surface area contributed by atoms with Crippen molar-refractivity contribution in [3.63, 3.8) is 0 Å². The molecule has 3 nitrogen and oxygen atoms in total. The van der Waals surface area contributed by atoms with E-state index in [1.807, 2.05) is 30.3 Å². The lowest BCUT2D eigenvalue weighted by molar-refractivity contribution is 0.482. The van der Waals surface area contributed by atoms with Gasteiger partial charge in [-0.25, -0.2) is 0 Å². The van der Waals surface area contributed by atoms with Crippen LogP contribution in [0, 0.1) is 0 Å². The molecule has 0 aliphatic rings. The van der Waals surface area contributed by atoms with Gasteiger partial charge in [0.15, 0.2) is 0 Å². The van der Waals surface area contributed by atoms with Crippen molar-refractivity contribution in [2.75, 3.05) is 5.73 Å². The molecule has 2 N–H and O–H groups in total. The second-order valence-corrected chi connectivity index (χ2v) is 6.14. The Morgan fingerprint density at radius 3 is 2.38 bits per heavy atom. The fraction of sp³-hybridized carbons (Fsp3) is 0.190. The maximum atomic E-state index is 5.90. The smallest absolute Gasteiger partial charge is 0.131 e. The van der Waals surface area contributed by atoms with Gasteiger partial charge < -0.3 is 10.5 Å². The third kappa shape index (κ3) is 5.43. The molecular formula is C21H24N2O. The predicted octanol–water partition coefficient (Wildman–Crippen LogP) is 5.77. The summed E-state index contributed by atoms with van der Waals surface area (Å²) in [5.41, 5.74) is 10.8. The number of benzene rings is 1. The van der Waals surface area contributed by atoms with Crippen LogP contribution in [0.25, 0.3) is 5.57 Å². The number of hydrogen-bond acceptors (Lipinski definition) is 3. The number of pyridine rings is 1. The van der Waals surface area contributed by atoms with Crippen LogP contribution in [0.5, 0.6) is 11.5 Å². The average Bonchev–Trinajstić information content (AvgIpc) is 2.51. The lowest BCUT2D eigenvalue weighted by atomic mass is 10.1. The van der Waals surface area contributed by atoms with Crippen molar-refractivity contribution in [3.8, 4) is 11.5 Å². The van der Waals surface area contributed by atoms with Crippen LogP contribution >= 0.6 is 0 Å². The lowest BCUT2D eigenvalue weighted by Gasteiger charge is -2.08. The van der Waals surface area contributed by atoms with Gasteiger partial charge in [0.25, 0.3) is 0 Å². The topological polar surface area (TPSA) is 48.1 Å². The van der Waals surface area contributed by atoms with Crippen LogP contribution in [0.3, 0.4) is 0 Å². The Bertz CT molecular complexity index is 793. The molecule has 1 heterocycles. The van der Waals surface area contributed by atoms with E-state index < -0.39 is 0 Å². The normalized spacial score (nSPS) is 10.9. The number of allylic oxidation sites excluding steroid dienone is 6. The summed E-state index contributed by atoms with van der Waals surface area (Å²) in [5.74, 6) is 1.44. The van der Waals surface area contributed by atoms with Crippen LogP contribution in [0.4, 0.5) is 5.69 Å². The average molecular weight is 320 g/mol. The van der Waals surface area contributed by atoms with Crippen LogP contribution in [0.15, 0.2) is 72.0 Å². The highest BCUT2D eigenvalue weighted by atomic mass is 16.5. The predicted molar refractivity (Wildman–Crippen MR) is 102 cm³/mol. The van der Waals surface area contributed by atoms with Crippen molar-refractivity contribution < 1.29 is 4.74 Å². The molecule has 3 heteroatoms. The maximum Gasteiger partial charge on any atom is 0.131 e. The van der Waals surface area contributed by atoms with Gasteiger partial charge in [-0.3, -0.25) is 4.98 Å². The van der Waals surface area contributed by atoms with Crippen LogP contribution in [-0.4, -0.2) is 4.98 Å². The van der Waals surface area contributed by atoms with E-state index in [4.69, 9.17) is 10.5 Å². The molecule has 0 atom stereocenters. The Labute approximate surface area is 144 Å². The highest BCUT2D eigenvalue weighted by Gasteiger charge is 2.04. The molecule has 0 saturated heterocycles. The fourth-order valence-corrected chi connectivity index (χ4v) is 2.12. The quantitative estimate of drug-likeness (QED) is 0.562.